The van der Waals surface area contributed by atoms with Crippen LogP contribution in [0.15, 0.2) is 39.4 Å². The second-order valence-corrected chi connectivity index (χ2v) is 8.56. The van der Waals surface area contributed by atoms with Gasteiger partial charge in [-0.3, -0.25) is 9.36 Å². The average molecular weight is 419 g/mol. The number of nitrogens with zero attached hydrogens (tertiary/aromatic N) is 3. The number of carbonyl (C=O) groups excluding carboxylic acids is 1. The molecule has 0 aromatic carbocycles. The van der Waals surface area contributed by atoms with Gasteiger partial charge >= 0.3 is 0 Å². The van der Waals surface area contributed by atoms with Crippen LogP contribution in [0.1, 0.15) is 23.5 Å². The SMILES string of the molecule is Cc1occc1-c1nnc(SCC(=O)NCc2cccs2)n1C[C@@H]1CCCO1. The van der Waals surface area contributed by atoms with Gasteiger partial charge in [-0.2, -0.15) is 0 Å². The van der Waals surface area contributed by atoms with Crippen molar-refractivity contribution in [1.82, 2.24) is 20.1 Å². The predicted molar refractivity (Wildman–Crippen MR) is 108 cm³/mol. The predicted octanol–water partition coefficient (Wildman–Crippen LogP) is 3.50. The lowest BCUT2D eigenvalue weighted by Crippen LogP contribution is -2.24. The zero-order chi connectivity index (χ0) is 19.3. The Morgan fingerprint density at radius 1 is 1.43 bits per heavy atom. The van der Waals surface area contributed by atoms with Crippen LogP contribution in [0.2, 0.25) is 0 Å². The van der Waals surface area contributed by atoms with Gasteiger partial charge in [0.1, 0.15) is 5.76 Å². The number of thiophene rings is 1. The smallest absolute Gasteiger partial charge is 0.230 e. The molecule has 1 N–H and O–H groups in total. The topological polar surface area (TPSA) is 82.2 Å². The number of hydrogen-bond donors (Lipinski definition) is 1. The molecular formula is C19H22N4O3S2. The van der Waals surface area contributed by atoms with E-state index in [4.69, 9.17) is 9.15 Å². The summed E-state index contributed by atoms with van der Waals surface area (Å²) in [5.41, 5.74) is 0.916. The number of carbonyl (C=O) groups is 1. The van der Waals surface area contributed by atoms with Crippen molar-refractivity contribution in [3.63, 3.8) is 0 Å². The fourth-order valence-corrected chi connectivity index (χ4v) is 4.57. The first-order chi connectivity index (χ1) is 13.7. The maximum Gasteiger partial charge on any atom is 0.230 e. The number of furan rings is 1. The average Bonchev–Trinajstić information content (AvgIpc) is 3.48. The summed E-state index contributed by atoms with van der Waals surface area (Å²) in [7, 11) is 0. The Kier molecular flexibility index (Phi) is 6.13. The van der Waals surface area contributed by atoms with Crippen LogP contribution < -0.4 is 5.32 Å². The molecule has 1 aliphatic rings. The highest BCUT2D eigenvalue weighted by Gasteiger charge is 2.23. The largest absolute Gasteiger partial charge is 0.469 e. The fourth-order valence-electron chi connectivity index (χ4n) is 3.15. The van der Waals surface area contributed by atoms with Crippen molar-refractivity contribution in [2.75, 3.05) is 12.4 Å². The van der Waals surface area contributed by atoms with Gasteiger partial charge in [0.15, 0.2) is 11.0 Å². The highest BCUT2D eigenvalue weighted by atomic mass is 32.2. The summed E-state index contributed by atoms with van der Waals surface area (Å²) in [5, 5.41) is 14.4. The standard InChI is InChI=1S/C19H22N4O3S2/c1-13-16(6-8-25-13)18-21-22-19(23(18)11-14-4-2-7-26-14)28-12-17(24)20-10-15-5-3-9-27-15/h3,5-6,8-9,14H,2,4,7,10-12H2,1H3,(H,20,24)/t14-/m0/s1. The lowest BCUT2D eigenvalue weighted by molar-refractivity contribution is -0.118. The maximum atomic E-state index is 12.2. The summed E-state index contributed by atoms with van der Waals surface area (Å²) in [5.74, 6) is 1.82. The lowest BCUT2D eigenvalue weighted by atomic mass is 10.2. The summed E-state index contributed by atoms with van der Waals surface area (Å²) >= 11 is 3.03. The number of amides is 1. The third-order valence-corrected chi connectivity index (χ3v) is 6.44. The van der Waals surface area contributed by atoms with Crippen LogP contribution in [0.3, 0.4) is 0 Å². The van der Waals surface area contributed by atoms with Gasteiger partial charge in [0.05, 0.1) is 36.8 Å². The molecule has 3 aromatic rings. The van der Waals surface area contributed by atoms with E-state index >= 15 is 0 Å². The third kappa shape index (κ3) is 4.48. The van der Waals surface area contributed by atoms with Gasteiger partial charge in [-0.05, 0) is 37.3 Å². The molecule has 0 radical (unpaired) electrons. The molecule has 1 fully saturated rings. The molecule has 1 amide bonds. The van der Waals surface area contributed by atoms with E-state index in [0.717, 1.165) is 46.6 Å². The Balaban J connectivity index is 1.45. The Morgan fingerprint density at radius 2 is 2.36 bits per heavy atom. The van der Waals surface area contributed by atoms with Crippen molar-refractivity contribution >= 4 is 29.0 Å². The number of aryl methyl sites for hydroxylation is 1. The molecule has 3 aromatic heterocycles. The van der Waals surface area contributed by atoms with Gasteiger partial charge in [-0.15, -0.1) is 21.5 Å². The van der Waals surface area contributed by atoms with E-state index in [2.05, 4.69) is 15.5 Å². The van der Waals surface area contributed by atoms with Crippen LogP contribution in [0.25, 0.3) is 11.4 Å². The van der Waals surface area contributed by atoms with Gasteiger partial charge in [0.2, 0.25) is 5.91 Å². The first-order valence-electron chi connectivity index (χ1n) is 9.22. The first kappa shape index (κ1) is 19.2. The number of aromatic nitrogens is 3. The molecular weight excluding hydrogens is 396 g/mol. The van der Waals surface area contributed by atoms with Crippen molar-refractivity contribution in [3.8, 4) is 11.4 Å². The van der Waals surface area contributed by atoms with Crippen molar-refractivity contribution in [1.29, 1.82) is 0 Å². The number of thioether (sulfide) groups is 1. The molecule has 7 nitrogen and oxygen atoms in total. The van der Waals surface area contributed by atoms with Gasteiger partial charge in [-0.25, -0.2) is 0 Å². The van der Waals surface area contributed by atoms with Crippen LogP contribution in [0.5, 0.6) is 0 Å². The summed E-state index contributed by atoms with van der Waals surface area (Å²) < 4.78 is 13.3. The molecule has 0 unspecified atom stereocenters. The minimum Gasteiger partial charge on any atom is -0.469 e. The Morgan fingerprint density at radius 3 is 3.07 bits per heavy atom. The van der Waals surface area contributed by atoms with Gasteiger partial charge < -0.3 is 14.5 Å². The van der Waals surface area contributed by atoms with E-state index < -0.39 is 0 Å². The fraction of sp³-hybridized carbons (Fsp3) is 0.421. The minimum absolute atomic E-state index is 0.0221. The molecule has 0 spiro atoms. The van der Waals surface area contributed by atoms with E-state index in [9.17, 15) is 4.79 Å². The van der Waals surface area contributed by atoms with E-state index in [1.165, 1.54) is 11.8 Å². The second-order valence-electron chi connectivity index (χ2n) is 6.59. The van der Waals surface area contributed by atoms with Crippen LogP contribution in [0.4, 0.5) is 0 Å². The van der Waals surface area contributed by atoms with E-state index in [1.807, 2.05) is 35.1 Å². The second kappa shape index (κ2) is 8.93. The van der Waals surface area contributed by atoms with Crippen molar-refractivity contribution < 1.29 is 13.9 Å². The summed E-state index contributed by atoms with van der Waals surface area (Å²) in [6, 6.07) is 5.89. The number of ether oxygens (including phenoxy) is 1. The molecule has 0 bridgehead atoms. The van der Waals surface area contributed by atoms with Gasteiger partial charge in [-0.1, -0.05) is 17.8 Å². The van der Waals surface area contributed by atoms with Crippen LogP contribution in [-0.4, -0.2) is 39.1 Å². The minimum atomic E-state index is -0.0221. The lowest BCUT2D eigenvalue weighted by Gasteiger charge is -2.14. The van der Waals surface area contributed by atoms with Crippen molar-refractivity contribution in [2.24, 2.45) is 0 Å². The highest BCUT2D eigenvalue weighted by Crippen LogP contribution is 2.28. The molecule has 148 valence electrons. The molecule has 4 rings (SSSR count). The highest BCUT2D eigenvalue weighted by molar-refractivity contribution is 7.99. The van der Waals surface area contributed by atoms with E-state index in [1.54, 1.807) is 17.6 Å². The summed E-state index contributed by atoms with van der Waals surface area (Å²) in [4.78, 5) is 13.4. The normalized spacial score (nSPS) is 16.5. The summed E-state index contributed by atoms with van der Waals surface area (Å²) in [6.07, 6.45) is 3.89. The molecule has 0 saturated carbocycles. The Labute approximate surface area is 171 Å². The van der Waals surface area contributed by atoms with Gasteiger partial charge in [0, 0.05) is 11.5 Å². The van der Waals surface area contributed by atoms with Crippen molar-refractivity contribution in [2.45, 2.75) is 44.1 Å². The number of hydrogen-bond acceptors (Lipinski definition) is 7. The molecule has 9 heteroatoms. The van der Waals surface area contributed by atoms with Gasteiger partial charge in [0.25, 0.3) is 0 Å². The first-order valence-corrected chi connectivity index (χ1v) is 11.1. The molecule has 1 atom stereocenters. The Bertz CT molecular complexity index is 914. The van der Waals surface area contributed by atoms with Crippen molar-refractivity contribution in [3.05, 3.63) is 40.5 Å². The Hall–Kier alpha value is -2.10. The van der Waals surface area contributed by atoms with Crippen LogP contribution in [-0.2, 0) is 22.6 Å². The molecule has 0 aliphatic carbocycles. The summed E-state index contributed by atoms with van der Waals surface area (Å²) in [6.45, 7) is 3.93. The van der Waals surface area contributed by atoms with E-state index in [0.29, 0.717) is 18.8 Å². The molecule has 1 aliphatic heterocycles. The molecule has 4 heterocycles. The zero-order valence-electron chi connectivity index (χ0n) is 15.6. The van der Waals surface area contributed by atoms with Crippen LogP contribution >= 0.6 is 23.1 Å². The monoisotopic (exact) mass is 418 g/mol. The number of rotatable bonds is 8. The zero-order valence-corrected chi connectivity index (χ0v) is 17.2. The molecule has 28 heavy (non-hydrogen) atoms. The third-order valence-electron chi connectivity index (χ3n) is 4.60. The van der Waals surface area contributed by atoms with E-state index in [-0.39, 0.29) is 12.0 Å². The maximum absolute atomic E-state index is 12.2. The number of nitrogens with one attached hydrogen (secondary N) is 1. The molecule has 1 saturated heterocycles. The quantitative estimate of drug-likeness (QED) is 0.564. The van der Waals surface area contributed by atoms with Crippen LogP contribution in [0, 0.1) is 6.92 Å².